The summed E-state index contributed by atoms with van der Waals surface area (Å²) in [7, 11) is 0. The monoisotopic (exact) mass is 484 g/mol. The Morgan fingerprint density at radius 2 is 1.31 bits per heavy atom. The molecule has 0 aliphatic rings. The molecule has 7 nitrogen and oxygen atoms in total. The van der Waals surface area contributed by atoms with Gasteiger partial charge in [-0.2, -0.15) is 0 Å². The number of carbonyl (C=O) groups is 3. The van der Waals surface area contributed by atoms with E-state index in [2.05, 4.69) is 13.2 Å². The minimum atomic E-state index is -0.744. The molecule has 0 fully saturated rings. The summed E-state index contributed by atoms with van der Waals surface area (Å²) in [5.41, 5.74) is 0.680. The van der Waals surface area contributed by atoms with Crippen LogP contribution in [0, 0.1) is 11.2 Å². The standard InChI is InChI=1S/C27H29FO7/c1-16(2)24(29)34-21-10-8-18(14-20(21)28)19-9-11-22(35-25(30)17(3)4)23(15-19)32-12-13-33-26(31)27(5,6)7/h8-11,14-15H,1,3,12-13H2,2,4-7H3. The van der Waals surface area contributed by atoms with Crippen molar-refractivity contribution >= 4 is 17.9 Å². The molecule has 0 saturated heterocycles. The van der Waals surface area contributed by atoms with E-state index >= 15 is 0 Å². The number of ether oxygens (including phenoxy) is 4. The summed E-state index contributed by atoms with van der Waals surface area (Å²) in [4.78, 5) is 35.6. The topological polar surface area (TPSA) is 88.1 Å². The second kappa shape index (κ2) is 11.5. The van der Waals surface area contributed by atoms with Gasteiger partial charge in [0.2, 0.25) is 0 Å². The van der Waals surface area contributed by atoms with Gasteiger partial charge in [0.15, 0.2) is 23.1 Å². The lowest BCUT2D eigenvalue weighted by Crippen LogP contribution is -2.25. The highest BCUT2D eigenvalue weighted by Gasteiger charge is 2.23. The molecule has 0 amide bonds. The van der Waals surface area contributed by atoms with E-state index in [-0.39, 0.29) is 47.6 Å². The Balaban J connectivity index is 2.28. The Morgan fingerprint density at radius 3 is 1.83 bits per heavy atom. The molecule has 0 heterocycles. The molecule has 0 aliphatic carbocycles. The summed E-state index contributed by atoms with van der Waals surface area (Å²) < 4.78 is 35.8. The molecular formula is C27H29FO7. The molecule has 2 aromatic carbocycles. The first-order chi connectivity index (χ1) is 16.3. The molecule has 0 bridgehead atoms. The number of benzene rings is 2. The van der Waals surface area contributed by atoms with Gasteiger partial charge in [-0.25, -0.2) is 14.0 Å². The lowest BCUT2D eigenvalue weighted by Gasteiger charge is -2.17. The van der Waals surface area contributed by atoms with Crippen molar-refractivity contribution in [1.82, 2.24) is 0 Å². The molecule has 2 rings (SSSR count). The highest BCUT2D eigenvalue weighted by molar-refractivity contribution is 5.89. The van der Waals surface area contributed by atoms with Crippen LogP contribution in [0.5, 0.6) is 17.2 Å². The van der Waals surface area contributed by atoms with Crippen LogP contribution in [-0.4, -0.2) is 31.1 Å². The Labute approximate surface area is 204 Å². The minimum Gasteiger partial charge on any atom is -0.486 e. The fourth-order valence-corrected chi connectivity index (χ4v) is 2.52. The van der Waals surface area contributed by atoms with Crippen molar-refractivity contribution in [2.75, 3.05) is 13.2 Å². The average molecular weight is 485 g/mol. The fraction of sp³-hybridized carbons (Fsp3) is 0.296. The number of halogens is 1. The van der Waals surface area contributed by atoms with Crippen molar-refractivity contribution < 1.29 is 37.7 Å². The molecular weight excluding hydrogens is 455 g/mol. The van der Waals surface area contributed by atoms with Crippen molar-refractivity contribution in [1.29, 1.82) is 0 Å². The van der Waals surface area contributed by atoms with Crippen LogP contribution in [0.25, 0.3) is 11.1 Å². The molecule has 2 aromatic rings. The summed E-state index contributed by atoms with van der Waals surface area (Å²) >= 11 is 0. The molecule has 8 heteroatoms. The molecule has 0 radical (unpaired) electrons. The van der Waals surface area contributed by atoms with E-state index in [1.165, 1.54) is 32.0 Å². The maximum atomic E-state index is 14.6. The summed E-state index contributed by atoms with van der Waals surface area (Å²) in [6.45, 7) is 15.2. The zero-order valence-corrected chi connectivity index (χ0v) is 20.5. The van der Waals surface area contributed by atoms with E-state index in [0.717, 1.165) is 0 Å². The average Bonchev–Trinajstić information content (AvgIpc) is 2.77. The molecule has 35 heavy (non-hydrogen) atoms. The molecule has 0 aromatic heterocycles. The third kappa shape index (κ3) is 7.81. The van der Waals surface area contributed by atoms with E-state index in [9.17, 15) is 18.8 Å². The highest BCUT2D eigenvalue weighted by Crippen LogP contribution is 2.34. The van der Waals surface area contributed by atoms with Gasteiger partial charge in [0.1, 0.15) is 13.2 Å². The lowest BCUT2D eigenvalue weighted by atomic mass is 9.97. The first kappa shape index (κ1) is 27.3. The van der Waals surface area contributed by atoms with Crippen molar-refractivity contribution in [3.05, 3.63) is 66.5 Å². The van der Waals surface area contributed by atoms with Gasteiger partial charge in [-0.05, 0) is 70.0 Å². The molecule has 0 atom stereocenters. The van der Waals surface area contributed by atoms with Gasteiger partial charge in [-0.1, -0.05) is 25.3 Å². The molecule has 0 aliphatic heterocycles. The van der Waals surface area contributed by atoms with Crippen LogP contribution in [0.15, 0.2) is 60.7 Å². The van der Waals surface area contributed by atoms with Crippen LogP contribution in [0.4, 0.5) is 4.39 Å². The highest BCUT2D eigenvalue weighted by atomic mass is 19.1. The maximum Gasteiger partial charge on any atom is 0.338 e. The first-order valence-corrected chi connectivity index (χ1v) is 10.8. The lowest BCUT2D eigenvalue weighted by molar-refractivity contribution is -0.153. The summed E-state index contributed by atoms with van der Waals surface area (Å²) in [5, 5.41) is 0. The van der Waals surface area contributed by atoms with Gasteiger partial charge in [-0.15, -0.1) is 0 Å². The van der Waals surface area contributed by atoms with Gasteiger partial charge >= 0.3 is 17.9 Å². The summed E-state index contributed by atoms with van der Waals surface area (Å²) in [5.74, 6) is -2.43. The van der Waals surface area contributed by atoms with Crippen molar-refractivity contribution in [3.8, 4) is 28.4 Å². The van der Waals surface area contributed by atoms with Gasteiger partial charge in [-0.3, -0.25) is 4.79 Å². The molecule has 0 saturated carbocycles. The molecule has 186 valence electrons. The molecule has 0 N–H and O–H groups in total. The summed E-state index contributed by atoms with van der Waals surface area (Å²) in [6, 6.07) is 8.76. The van der Waals surface area contributed by atoms with E-state index in [1.807, 2.05) is 0 Å². The van der Waals surface area contributed by atoms with Crippen molar-refractivity contribution in [3.63, 3.8) is 0 Å². The van der Waals surface area contributed by atoms with Crippen LogP contribution in [0.2, 0.25) is 0 Å². The van der Waals surface area contributed by atoms with Gasteiger partial charge < -0.3 is 18.9 Å². The van der Waals surface area contributed by atoms with Gasteiger partial charge in [0.25, 0.3) is 0 Å². The van der Waals surface area contributed by atoms with Crippen LogP contribution in [0.1, 0.15) is 34.6 Å². The van der Waals surface area contributed by atoms with Crippen LogP contribution in [0.3, 0.4) is 0 Å². The summed E-state index contributed by atoms with van der Waals surface area (Å²) in [6.07, 6.45) is 0. The Hall–Kier alpha value is -3.94. The van der Waals surface area contributed by atoms with Crippen LogP contribution < -0.4 is 14.2 Å². The number of hydrogen-bond acceptors (Lipinski definition) is 7. The molecule has 0 unspecified atom stereocenters. The van der Waals surface area contributed by atoms with E-state index < -0.39 is 23.2 Å². The Morgan fingerprint density at radius 1 is 0.800 bits per heavy atom. The largest absolute Gasteiger partial charge is 0.486 e. The minimum absolute atomic E-state index is 0.00689. The second-order valence-corrected chi connectivity index (χ2v) is 8.88. The van der Waals surface area contributed by atoms with E-state index in [4.69, 9.17) is 18.9 Å². The van der Waals surface area contributed by atoms with Gasteiger partial charge in [0.05, 0.1) is 5.41 Å². The zero-order valence-electron chi connectivity index (χ0n) is 20.5. The number of carbonyl (C=O) groups excluding carboxylic acids is 3. The smallest absolute Gasteiger partial charge is 0.338 e. The van der Waals surface area contributed by atoms with Crippen LogP contribution in [-0.2, 0) is 19.1 Å². The zero-order chi connectivity index (χ0) is 26.3. The van der Waals surface area contributed by atoms with E-state index in [0.29, 0.717) is 11.1 Å². The predicted octanol–water partition coefficient (Wildman–Crippen LogP) is 5.42. The van der Waals surface area contributed by atoms with E-state index in [1.54, 1.807) is 39.0 Å². The first-order valence-electron chi connectivity index (χ1n) is 10.8. The third-order valence-electron chi connectivity index (χ3n) is 4.50. The maximum absolute atomic E-state index is 14.6. The Bertz CT molecular complexity index is 1160. The third-order valence-corrected chi connectivity index (χ3v) is 4.50. The van der Waals surface area contributed by atoms with Crippen molar-refractivity contribution in [2.24, 2.45) is 5.41 Å². The SMILES string of the molecule is C=C(C)C(=O)Oc1ccc(-c2ccc(OC(=O)C(=C)C)c(OCCOC(=O)C(C)(C)C)c2)cc1F. The molecule has 0 spiro atoms. The Kier molecular flexibility index (Phi) is 8.94. The van der Waals surface area contributed by atoms with Crippen molar-refractivity contribution in [2.45, 2.75) is 34.6 Å². The normalized spacial score (nSPS) is 10.8. The quantitative estimate of drug-likeness (QED) is 0.203. The van der Waals surface area contributed by atoms with Crippen LogP contribution >= 0.6 is 0 Å². The second-order valence-electron chi connectivity index (χ2n) is 8.88. The number of rotatable bonds is 9. The fourth-order valence-electron chi connectivity index (χ4n) is 2.52. The number of esters is 3. The number of hydrogen-bond donors (Lipinski definition) is 0. The van der Waals surface area contributed by atoms with Gasteiger partial charge in [0, 0.05) is 11.1 Å². The predicted molar refractivity (Wildman–Crippen MR) is 129 cm³/mol.